The van der Waals surface area contributed by atoms with Crippen LogP contribution >= 0.6 is 0 Å². The fourth-order valence-corrected chi connectivity index (χ4v) is 4.36. The van der Waals surface area contributed by atoms with Crippen LogP contribution in [0.1, 0.15) is 48.4 Å². The van der Waals surface area contributed by atoms with Gasteiger partial charge < -0.3 is 9.88 Å². The van der Waals surface area contributed by atoms with E-state index < -0.39 is 0 Å². The molecule has 0 unspecified atom stereocenters. The third-order valence-corrected chi connectivity index (χ3v) is 6.01. The zero-order chi connectivity index (χ0) is 23.4. The number of hydrogen-bond acceptors (Lipinski definition) is 1. The van der Waals surface area contributed by atoms with Crippen LogP contribution in [-0.2, 0) is 11.3 Å². The summed E-state index contributed by atoms with van der Waals surface area (Å²) in [6.45, 7) is 7.41. The first-order chi connectivity index (χ1) is 15.9. The Balaban J connectivity index is 1.80. The first-order valence-corrected chi connectivity index (χ1v) is 11.6. The van der Waals surface area contributed by atoms with Crippen molar-refractivity contribution in [2.24, 2.45) is 5.92 Å². The van der Waals surface area contributed by atoms with Crippen molar-refractivity contribution in [1.82, 2.24) is 9.88 Å². The summed E-state index contributed by atoms with van der Waals surface area (Å²) in [5.41, 5.74) is 4.80. The monoisotopic (exact) mass is 442 g/mol. The molecule has 0 saturated heterocycles. The molecule has 4 aromatic rings. The normalized spacial score (nSPS) is 12.3. The minimum atomic E-state index is -0.376. The maximum atomic E-state index is 15.1. The molecule has 170 valence electrons. The van der Waals surface area contributed by atoms with Gasteiger partial charge in [-0.1, -0.05) is 80.1 Å². The molecular weight excluding hydrogens is 411 g/mol. The summed E-state index contributed by atoms with van der Waals surface area (Å²) >= 11 is 0. The Morgan fingerprint density at radius 2 is 1.70 bits per heavy atom. The standard InChI is InChI=1S/C29H31FN2O/c1-20(2)17-31-29(33)16-24(25-15-21(3)13-14-27(25)30)26-19-32(18-22-9-5-4-6-10-22)28-12-8-7-11-23(26)28/h4-15,19-20,24H,16-18H2,1-3H3,(H,31,33)/t24-/m0/s1. The van der Waals surface area contributed by atoms with Crippen LogP contribution < -0.4 is 5.32 Å². The zero-order valence-corrected chi connectivity index (χ0v) is 19.5. The van der Waals surface area contributed by atoms with Gasteiger partial charge in [0.05, 0.1) is 0 Å². The molecule has 33 heavy (non-hydrogen) atoms. The number of rotatable bonds is 8. The summed E-state index contributed by atoms with van der Waals surface area (Å²) in [7, 11) is 0. The van der Waals surface area contributed by atoms with Crippen LogP contribution in [0, 0.1) is 18.7 Å². The molecule has 0 bridgehead atoms. The van der Waals surface area contributed by atoms with E-state index in [-0.39, 0.29) is 24.1 Å². The van der Waals surface area contributed by atoms with Gasteiger partial charge in [-0.15, -0.1) is 0 Å². The summed E-state index contributed by atoms with van der Waals surface area (Å²) in [5, 5.41) is 4.06. The van der Waals surface area contributed by atoms with Gasteiger partial charge in [-0.05, 0) is 41.7 Å². The lowest BCUT2D eigenvalue weighted by molar-refractivity contribution is -0.121. The van der Waals surface area contributed by atoms with Crippen molar-refractivity contribution in [2.45, 2.75) is 39.7 Å². The molecule has 1 N–H and O–H groups in total. The second-order valence-electron chi connectivity index (χ2n) is 9.19. The lowest BCUT2D eigenvalue weighted by Gasteiger charge is -2.19. The number of carbonyl (C=O) groups excluding carboxylic acids is 1. The number of nitrogens with one attached hydrogen (secondary N) is 1. The van der Waals surface area contributed by atoms with E-state index in [1.165, 1.54) is 11.6 Å². The van der Waals surface area contributed by atoms with Crippen molar-refractivity contribution >= 4 is 16.8 Å². The Hall–Kier alpha value is -3.40. The number of halogens is 1. The molecule has 4 rings (SSSR count). The predicted octanol–water partition coefficient (Wildman–Crippen LogP) is 6.43. The van der Waals surface area contributed by atoms with Crippen LogP contribution in [0.15, 0.2) is 79.0 Å². The summed E-state index contributed by atoms with van der Waals surface area (Å²) in [6.07, 6.45) is 2.30. The van der Waals surface area contributed by atoms with E-state index in [9.17, 15) is 4.79 Å². The molecule has 3 aromatic carbocycles. The van der Waals surface area contributed by atoms with Crippen molar-refractivity contribution in [3.05, 3.63) is 107 Å². The molecule has 0 aliphatic heterocycles. The average molecular weight is 443 g/mol. The summed E-state index contributed by atoms with van der Waals surface area (Å²) in [4.78, 5) is 12.9. The molecule has 0 radical (unpaired) electrons. The summed E-state index contributed by atoms with van der Waals surface area (Å²) in [6, 6.07) is 23.6. The molecule has 0 saturated carbocycles. The van der Waals surface area contributed by atoms with Crippen molar-refractivity contribution in [1.29, 1.82) is 0 Å². The highest BCUT2D eigenvalue weighted by molar-refractivity contribution is 5.87. The molecule has 1 atom stereocenters. The third-order valence-electron chi connectivity index (χ3n) is 6.01. The molecular formula is C29H31FN2O. The van der Waals surface area contributed by atoms with Gasteiger partial charge in [-0.2, -0.15) is 0 Å². The van der Waals surface area contributed by atoms with Crippen molar-refractivity contribution in [3.8, 4) is 0 Å². The van der Waals surface area contributed by atoms with Crippen LogP contribution in [0.3, 0.4) is 0 Å². The summed E-state index contributed by atoms with van der Waals surface area (Å²) < 4.78 is 17.3. The topological polar surface area (TPSA) is 34.0 Å². The second-order valence-corrected chi connectivity index (χ2v) is 9.19. The quantitative estimate of drug-likeness (QED) is 0.335. The van der Waals surface area contributed by atoms with E-state index in [4.69, 9.17) is 0 Å². The molecule has 0 aliphatic carbocycles. The maximum Gasteiger partial charge on any atom is 0.220 e. The van der Waals surface area contributed by atoms with Gasteiger partial charge in [-0.25, -0.2) is 4.39 Å². The van der Waals surface area contributed by atoms with Crippen LogP contribution in [0.25, 0.3) is 10.9 Å². The Kier molecular flexibility index (Phi) is 6.93. The first kappa shape index (κ1) is 22.8. The molecule has 0 spiro atoms. The summed E-state index contributed by atoms with van der Waals surface area (Å²) in [5.74, 6) is -0.355. The number of aromatic nitrogens is 1. The highest BCUT2D eigenvalue weighted by atomic mass is 19.1. The SMILES string of the molecule is Cc1ccc(F)c([C@H](CC(=O)NCC(C)C)c2cn(Cc3ccccc3)c3ccccc23)c1. The molecule has 1 amide bonds. The van der Waals surface area contributed by atoms with Gasteiger partial charge in [0.1, 0.15) is 5.82 Å². The number of nitrogens with zero attached hydrogens (tertiary/aromatic N) is 1. The van der Waals surface area contributed by atoms with Crippen LogP contribution in [0.4, 0.5) is 4.39 Å². The smallest absolute Gasteiger partial charge is 0.220 e. The molecule has 4 heteroatoms. The zero-order valence-electron chi connectivity index (χ0n) is 19.5. The number of benzene rings is 3. The van der Waals surface area contributed by atoms with Gasteiger partial charge in [-0.3, -0.25) is 4.79 Å². The minimum Gasteiger partial charge on any atom is -0.356 e. The fraction of sp³-hybridized carbons (Fsp3) is 0.276. The van der Waals surface area contributed by atoms with E-state index in [1.54, 1.807) is 6.07 Å². The molecule has 1 heterocycles. The van der Waals surface area contributed by atoms with Gasteiger partial charge in [0.25, 0.3) is 0 Å². The van der Waals surface area contributed by atoms with E-state index in [1.807, 2.05) is 43.3 Å². The number of hydrogen-bond donors (Lipinski definition) is 1. The third kappa shape index (κ3) is 5.33. The molecule has 1 aromatic heterocycles. The van der Waals surface area contributed by atoms with Gasteiger partial charge in [0.15, 0.2) is 0 Å². The molecule has 3 nitrogen and oxygen atoms in total. The van der Waals surface area contributed by atoms with Crippen LogP contribution in [0.5, 0.6) is 0 Å². The fourth-order valence-electron chi connectivity index (χ4n) is 4.36. The van der Waals surface area contributed by atoms with Crippen molar-refractivity contribution < 1.29 is 9.18 Å². The minimum absolute atomic E-state index is 0.0607. The first-order valence-electron chi connectivity index (χ1n) is 11.6. The van der Waals surface area contributed by atoms with Crippen molar-refractivity contribution in [2.75, 3.05) is 6.54 Å². The number of fused-ring (bicyclic) bond motifs is 1. The highest BCUT2D eigenvalue weighted by Gasteiger charge is 2.25. The van der Waals surface area contributed by atoms with Crippen LogP contribution in [-0.4, -0.2) is 17.0 Å². The van der Waals surface area contributed by atoms with E-state index in [0.717, 1.165) is 22.0 Å². The lowest BCUT2D eigenvalue weighted by Crippen LogP contribution is -2.29. The Morgan fingerprint density at radius 3 is 2.45 bits per heavy atom. The number of carbonyl (C=O) groups is 1. The van der Waals surface area contributed by atoms with Gasteiger partial charge in [0.2, 0.25) is 5.91 Å². The molecule has 0 aliphatic rings. The highest BCUT2D eigenvalue weighted by Crippen LogP contribution is 2.36. The van der Waals surface area contributed by atoms with Crippen LogP contribution in [0.2, 0.25) is 0 Å². The van der Waals surface area contributed by atoms with E-state index >= 15 is 4.39 Å². The number of para-hydroxylation sites is 1. The Bertz CT molecular complexity index is 1240. The van der Waals surface area contributed by atoms with E-state index in [0.29, 0.717) is 24.6 Å². The lowest BCUT2D eigenvalue weighted by atomic mass is 9.87. The number of aryl methyl sites for hydroxylation is 1. The maximum absolute atomic E-state index is 15.1. The van der Waals surface area contributed by atoms with Crippen molar-refractivity contribution in [3.63, 3.8) is 0 Å². The Morgan fingerprint density at radius 1 is 0.970 bits per heavy atom. The van der Waals surface area contributed by atoms with Gasteiger partial charge >= 0.3 is 0 Å². The second kappa shape index (κ2) is 10.0. The average Bonchev–Trinajstić information content (AvgIpc) is 3.17. The van der Waals surface area contributed by atoms with E-state index in [2.05, 4.69) is 54.2 Å². The van der Waals surface area contributed by atoms with Gasteiger partial charge in [0, 0.05) is 42.5 Å². The Labute approximate surface area is 195 Å². The largest absolute Gasteiger partial charge is 0.356 e. The number of amides is 1. The molecule has 0 fully saturated rings. The predicted molar refractivity (Wildman–Crippen MR) is 133 cm³/mol.